The third kappa shape index (κ3) is 2.87. The Kier molecular flexibility index (Phi) is 4.16. The van der Waals surface area contributed by atoms with E-state index in [1.165, 1.54) is 11.3 Å². The number of urea groups is 1. The molecule has 0 bridgehead atoms. The van der Waals surface area contributed by atoms with Gasteiger partial charge in [-0.25, -0.2) is 4.79 Å². The lowest BCUT2D eigenvalue weighted by Gasteiger charge is -2.37. The number of nitrogens with zero attached hydrogens (tertiary/aromatic N) is 2. The van der Waals surface area contributed by atoms with E-state index in [1.54, 1.807) is 0 Å². The molecule has 24 heavy (non-hydrogen) atoms. The molecule has 122 valence electrons. The molecule has 1 aliphatic heterocycles. The third-order valence-electron chi connectivity index (χ3n) is 4.24. The zero-order chi connectivity index (χ0) is 16.5. The third-order valence-corrected chi connectivity index (χ3v) is 5.55. The van der Waals surface area contributed by atoms with Gasteiger partial charge in [-0.1, -0.05) is 28.1 Å². The van der Waals surface area contributed by atoms with Gasteiger partial charge in [0.05, 0.1) is 11.0 Å². The summed E-state index contributed by atoms with van der Waals surface area (Å²) in [5.74, 6) is 0. The number of halogens is 1. The van der Waals surface area contributed by atoms with Gasteiger partial charge in [-0.15, -0.1) is 11.3 Å². The monoisotopic (exact) mass is 401 g/mol. The molecule has 3 heterocycles. The van der Waals surface area contributed by atoms with Gasteiger partial charge in [0.15, 0.2) is 0 Å². The van der Waals surface area contributed by atoms with Crippen LogP contribution in [-0.2, 0) is 6.54 Å². The van der Waals surface area contributed by atoms with Crippen molar-refractivity contribution in [3.8, 4) is 0 Å². The fourth-order valence-electron chi connectivity index (χ4n) is 3.12. The quantitative estimate of drug-likeness (QED) is 0.647. The average molecular weight is 402 g/mol. The van der Waals surface area contributed by atoms with Crippen LogP contribution in [0.4, 0.5) is 9.80 Å². The molecule has 4 rings (SSSR count). The van der Waals surface area contributed by atoms with Crippen LogP contribution < -0.4 is 5.32 Å². The second-order valence-electron chi connectivity index (χ2n) is 5.68. The molecule has 2 aromatic heterocycles. The van der Waals surface area contributed by atoms with E-state index in [9.17, 15) is 4.79 Å². The molecule has 1 N–H and O–H groups in total. The van der Waals surface area contributed by atoms with E-state index in [4.69, 9.17) is 0 Å². The zero-order valence-corrected chi connectivity index (χ0v) is 15.3. The van der Waals surface area contributed by atoms with E-state index < -0.39 is 0 Å². The first-order valence-electron chi connectivity index (χ1n) is 7.74. The maximum absolute atomic E-state index is 12.9. The van der Waals surface area contributed by atoms with Crippen LogP contribution in [0.3, 0.4) is 0 Å². The van der Waals surface area contributed by atoms with Crippen molar-refractivity contribution < 1.29 is 4.79 Å². The number of fused-ring (bicyclic) bond motifs is 1. The molecular formula is C18H16BrN3OS. The largest absolute Gasteiger partial charge is 0.348 e. The Morgan fingerprint density at radius 3 is 2.71 bits per heavy atom. The van der Waals surface area contributed by atoms with Gasteiger partial charge in [0.25, 0.3) is 0 Å². The molecular weight excluding hydrogens is 386 g/mol. The Labute approximate surface area is 152 Å². The molecule has 1 aromatic carbocycles. The maximum Gasteiger partial charge on any atom is 0.323 e. The van der Waals surface area contributed by atoms with Crippen molar-refractivity contribution in [2.24, 2.45) is 0 Å². The lowest BCUT2D eigenvalue weighted by molar-refractivity contribution is 0.182. The van der Waals surface area contributed by atoms with Gasteiger partial charge in [0.1, 0.15) is 0 Å². The number of rotatable bonds is 2. The number of nitrogens with one attached hydrogen (secondary N) is 1. The highest BCUT2D eigenvalue weighted by molar-refractivity contribution is 9.10. The van der Waals surface area contributed by atoms with Crippen LogP contribution >= 0.6 is 27.3 Å². The van der Waals surface area contributed by atoms with Gasteiger partial charge < -0.3 is 9.47 Å². The van der Waals surface area contributed by atoms with E-state index in [0.717, 1.165) is 27.3 Å². The summed E-state index contributed by atoms with van der Waals surface area (Å²) in [5, 5.41) is 5.85. The molecule has 4 nitrogen and oxygen atoms in total. The van der Waals surface area contributed by atoms with Crippen molar-refractivity contribution in [3.05, 3.63) is 75.8 Å². The summed E-state index contributed by atoms with van der Waals surface area (Å²) in [6.07, 6.45) is 2.08. The molecule has 2 amide bonds. The first-order valence-corrected chi connectivity index (χ1v) is 9.41. The first kappa shape index (κ1) is 15.5. The van der Waals surface area contributed by atoms with Crippen molar-refractivity contribution in [3.63, 3.8) is 0 Å². The summed E-state index contributed by atoms with van der Waals surface area (Å²) in [6.45, 7) is 1.49. The van der Waals surface area contributed by atoms with Gasteiger partial charge in [0.2, 0.25) is 0 Å². The smallest absolute Gasteiger partial charge is 0.323 e. The Morgan fingerprint density at radius 1 is 1.12 bits per heavy atom. The number of carbonyl (C=O) groups excluding carboxylic acids is 1. The molecule has 3 aromatic rings. The number of hydrogen-bond acceptors (Lipinski definition) is 2. The number of anilines is 1. The number of aromatic nitrogens is 1. The van der Waals surface area contributed by atoms with Crippen LogP contribution in [-0.4, -0.2) is 22.0 Å². The van der Waals surface area contributed by atoms with Crippen molar-refractivity contribution >= 4 is 38.3 Å². The van der Waals surface area contributed by atoms with Gasteiger partial charge in [-0.2, -0.15) is 0 Å². The Balaban J connectivity index is 1.69. The fourth-order valence-corrected chi connectivity index (χ4v) is 4.00. The van der Waals surface area contributed by atoms with E-state index in [-0.39, 0.29) is 12.1 Å². The highest BCUT2D eigenvalue weighted by Gasteiger charge is 2.32. The average Bonchev–Trinajstić information content (AvgIpc) is 3.25. The van der Waals surface area contributed by atoms with Gasteiger partial charge in [0, 0.05) is 29.5 Å². The van der Waals surface area contributed by atoms with Crippen LogP contribution in [0.25, 0.3) is 0 Å². The lowest BCUT2D eigenvalue weighted by atomic mass is 10.0. The predicted octanol–water partition coefficient (Wildman–Crippen LogP) is 4.95. The number of carbonyl (C=O) groups is 1. The number of benzene rings is 1. The molecule has 1 atom stereocenters. The van der Waals surface area contributed by atoms with Crippen LogP contribution in [0.2, 0.25) is 0 Å². The molecule has 6 heteroatoms. The molecule has 0 unspecified atom stereocenters. The molecule has 0 spiro atoms. The molecule has 1 aliphatic rings. The first-order chi connectivity index (χ1) is 11.7. The topological polar surface area (TPSA) is 37.3 Å². The van der Waals surface area contributed by atoms with Crippen LogP contribution in [0, 0.1) is 0 Å². The Bertz CT molecular complexity index is 842. The van der Waals surface area contributed by atoms with E-state index in [0.29, 0.717) is 6.54 Å². The van der Waals surface area contributed by atoms with Crippen LogP contribution in [0.15, 0.2) is 64.6 Å². The summed E-state index contributed by atoms with van der Waals surface area (Å²) in [7, 11) is 0. The van der Waals surface area contributed by atoms with Gasteiger partial charge in [-0.05, 0) is 47.3 Å². The highest BCUT2D eigenvalue weighted by atomic mass is 79.9. The molecule has 0 radical (unpaired) electrons. The predicted molar refractivity (Wildman–Crippen MR) is 100 cm³/mol. The number of amides is 2. The van der Waals surface area contributed by atoms with Crippen molar-refractivity contribution in [2.45, 2.75) is 12.6 Å². The Morgan fingerprint density at radius 2 is 1.96 bits per heavy atom. The molecule has 0 fully saturated rings. The highest BCUT2D eigenvalue weighted by Crippen LogP contribution is 2.33. The second kappa shape index (κ2) is 6.45. The summed E-state index contributed by atoms with van der Waals surface area (Å²) < 4.78 is 3.26. The summed E-state index contributed by atoms with van der Waals surface area (Å²) in [5.41, 5.74) is 2.25. The van der Waals surface area contributed by atoms with E-state index in [1.807, 2.05) is 40.6 Å². The summed E-state index contributed by atoms with van der Waals surface area (Å²) in [6, 6.07) is 16.0. The summed E-state index contributed by atoms with van der Waals surface area (Å²) >= 11 is 5.01. The van der Waals surface area contributed by atoms with Crippen LogP contribution in [0.5, 0.6) is 0 Å². The van der Waals surface area contributed by atoms with Gasteiger partial charge >= 0.3 is 6.03 Å². The minimum Gasteiger partial charge on any atom is -0.348 e. The molecule has 0 aliphatic carbocycles. The lowest BCUT2D eigenvalue weighted by Crippen LogP contribution is -2.44. The minimum atomic E-state index is -0.0817. The summed E-state index contributed by atoms with van der Waals surface area (Å²) in [4.78, 5) is 14.8. The number of hydrogen-bond donors (Lipinski definition) is 1. The van der Waals surface area contributed by atoms with E-state index >= 15 is 0 Å². The van der Waals surface area contributed by atoms with Gasteiger partial charge in [-0.3, -0.25) is 5.32 Å². The van der Waals surface area contributed by atoms with Crippen molar-refractivity contribution in [1.82, 2.24) is 9.47 Å². The van der Waals surface area contributed by atoms with Crippen LogP contribution in [0.1, 0.15) is 17.3 Å². The maximum atomic E-state index is 12.9. The second-order valence-corrected chi connectivity index (χ2v) is 7.54. The zero-order valence-electron chi connectivity index (χ0n) is 12.9. The van der Waals surface area contributed by atoms with E-state index in [2.05, 4.69) is 50.2 Å². The number of thiophene rings is 1. The minimum absolute atomic E-state index is 0.0576. The normalized spacial score (nSPS) is 16.7. The fraction of sp³-hybridized carbons (Fsp3) is 0.167. The Hall–Kier alpha value is -2.05. The molecule has 0 saturated heterocycles. The van der Waals surface area contributed by atoms with Crippen molar-refractivity contribution in [2.75, 3.05) is 11.9 Å². The standard InChI is InChI=1S/C18H16BrN3OS/c19-14-7-5-13(6-8-14)17-15-3-1-9-21(15)10-11-22(17)18(23)20-16-4-2-12-24-16/h1-9,12,17H,10-11H2,(H,20,23)/t17-/m0/s1. The SMILES string of the molecule is O=C(Nc1cccs1)N1CCn2cccc2[C@@H]1c1ccc(Br)cc1. The molecule has 0 saturated carbocycles. The van der Waals surface area contributed by atoms with Crippen molar-refractivity contribution in [1.29, 1.82) is 0 Å².